The summed E-state index contributed by atoms with van der Waals surface area (Å²) in [5.41, 5.74) is 1.20. The van der Waals surface area contributed by atoms with Crippen molar-refractivity contribution in [1.82, 2.24) is 10.0 Å². The van der Waals surface area contributed by atoms with Gasteiger partial charge in [-0.2, -0.15) is 11.3 Å². The second kappa shape index (κ2) is 5.66. The third-order valence-corrected chi connectivity index (χ3v) is 4.40. The van der Waals surface area contributed by atoms with Gasteiger partial charge in [0.15, 0.2) is 0 Å². The second-order valence-corrected chi connectivity index (χ2v) is 6.26. The van der Waals surface area contributed by atoms with E-state index in [1.807, 2.05) is 11.4 Å². The van der Waals surface area contributed by atoms with Crippen LogP contribution in [0.2, 0.25) is 0 Å². The first-order valence-electron chi connectivity index (χ1n) is 5.36. The maximum absolute atomic E-state index is 11.5. The van der Waals surface area contributed by atoms with Crippen molar-refractivity contribution in [3.8, 4) is 0 Å². The van der Waals surface area contributed by atoms with Crippen molar-refractivity contribution in [1.29, 1.82) is 0 Å². The van der Waals surface area contributed by atoms with Crippen molar-refractivity contribution in [3.63, 3.8) is 0 Å². The fourth-order valence-electron chi connectivity index (χ4n) is 1.42. The molecule has 0 saturated heterocycles. The number of sulfonamides is 1. The minimum absolute atomic E-state index is 0.0580. The first-order valence-corrected chi connectivity index (χ1v) is 7.78. The van der Waals surface area contributed by atoms with E-state index in [2.05, 4.69) is 15.4 Å². The zero-order chi connectivity index (χ0) is 13.0. The Balaban J connectivity index is 1.91. The third-order valence-electron chi connectivity index (χ3n) is 2.38. The SMILES string of the molecule is CNS(=O)(=O)c1ccc(CNCc2ccsc2)o1. The summed E-state index contributed by atoms with van der Waals surface area (Å²) in [4.78, 5) is 0. The monoisotopic (exact) mass is 286 g/mol. The van der Waals surface area contributed by atoms with Crippen LogP contribution >= 0.6 is 11.3 Å². The highest BCUT2D eigenvalue weighted by Crippen LogP contribution is 2.13. The molecule has 0 amide bonds. The molecule has 0 atom stereocenters. The lowest BCUT2D eigenvalue weighted by Crippen LogP contribution is -2.17. The average Bonchev–Trinajstić information content (AvgIpc) is 3.00. The molecule has 0 aromatic carbocycles. The van der Waals surface area contributed by atoms with Gasteiger partial charge in [-0.25, -0.2) is 13.1 Å². The van der Waals surface area contributed by atoms with Gasteiger partial charge >= 0.3 is 0 Å². The quantitative estimate of drug-likeness (QED) is 0.845. The topological polar surface area (TPSA) is 71.3 Å². The largest absolute Gasteiger partial charge is 0.447 e. The average molecular weight is 286 g/mol. The predicted octanol–water partition coefficient (Wildman–Crippen LogP) is 1.54. The lowest BCUT2D eigenvalue weighted by molar-refractivity contribution is 0.400. The molecule has 0 radical (unpaired) electrons. The van der Waals surface area contributed by atoms with E-state index < -0.39 is 10.0 Å². The standard InChI is InChI=1S/C11H14N2O3S2/c1-12-18(14,15)11-3-2-10(16-11)7-13-6-9-4-5-17-8-9/h2-5,8,12-13H,6-7H2,1H3. The van der Waals surface area contributed by atoms with Crippen LogP contribution in [0.15, 0.2) is 38.5 Å². The maximum atomic E-state index is 11.5. The molecule has 0 aliphatic rings. The zero-order valence-electron chi connectivity index (χ0n) is 9.84. The normalized spacial score (nSPS) is 11.8. The summed E-state index contributed by atoms with van der Waals surface area (Å²) in [6.07, 6.45) is 0. The Morgan fingerprint density at radius 2 is 2.11 bits per heavy atom. The van der Waals surface area contributed by atoms with Gasteiger partial charge in [-0.05, 0) is 41.6 Å². The van der Waals surface area contributed by atoms with Gasteiger partial charge in [-0.15, -0.1) is 0 Å². The van der Waals surface area contributed by atoms with Crippen LogP contribution in [0.5, 0.6) is 0 Å². The van der Waals surface area contributed by atoms with Gasteiger partial charge in [0.2, 0.25) is 5.09 Å². The smallest absolute Gasteiger partial charge is 0.273 e. The molecule has 0 aliphatic heterocycles. The molecule has 0 aliphatic carbocycles. The van der Waals surface area contributed by atoms with Crippen LogP contribution in [-0.2, 0) is 23.1 Å². The first kappa shape index (κ1) is 13.3. The second-order valence-electron chi connectivity index (χ2n) is 3.66. The molecule has 0 spiro atoms. The summed E-state index contributed by atoms with van der Waals surface area (Å²) in [6, 6.07) is 5.15. The van der Waals surface area contributed by atoms with Crippen LogP contribution in [-0.4, -0.2) is 15.5 Å². The molecule has 98 valence electrons. The first-order chi connectivity index (χ1) is 8.62. The van der Waals surface area contributed by atoms with E-state index in [0.717, 1.165) is 6.54 Å². The maximum Gasteiger partial charge on any atom is 0.273 e. The molecule has 2 heterocycles. The highest BCUT2D eigenvalue weighted by molar-refractivity contribution is 7.89. The minimum Gasteiger partial charge on any atom is -0.447 e. The van der Waals surface area contributed by atoms with Gasteiger partial charge in [0.25, 0.3) is 10.0 Å². The lowest BCUT2D eigenvalue weighted by atomic mass is 10.3. The molecule has 0 bridgehead atoms. The number of furan rings is 1. The van der Waals surface area contributed by atoms with Gasteiger partial charge in [0, 0.05) is 6.54 Å². The van der Waals surface area contributed by atoms with Crippen LogP contribution in [0.3, 0.4) is 0 Å². The highest BCUT2D eigenvalue weighted by Gasteiger charge is 2.15. The fraction of sp³-hybridized carbons (Fsp3) is 0.273. The van der Waals surface area contributed by atoms with Gasteiger partial charge < -0.3 is 9.73 Å². The summed E-state index contributed by atoms with van der Waals surface area (Å²) in [5, 5.41) is 7.20. The van der Waals surface area contributed by atoms with Crippen molar-refractivity contribution in [2.45, 2.75) is 18.2 Å². The zero-order valence-corrected chi connectivity index (χ0v) is 11.5. The third kappa shape index (κ3) is 3.20. The highest BCUT2D eigenvalue weighted by atomic mass is 32.2. The summed E-state index contributed by atoms with van der Waals surface area (Å²) in [5.74, 6) is 0.596. The van der Waals surface area contributed by atoms with Gasteiger partial charge in [-0.3, -0.25) is 0 Å². The molecule has 0 unspecified atom stereocenters. The molecular formula is C11H14N2O3S2. The van der Waals surface area contributed by atoms with Crippen molar-refractivity contribution < 1.29 is 12.8 Å². The van der Waals surface area contributed by atoms with Gasteiger partial charge in [0.05, 0.1) is 6.54 Å². The fourth-order valence-corrected chi connectivity index (χ4v) is 2.76. The lowest BCUT2D eigenvalue weighted by Gasteiger charge is -2.00. The molecule has 18 heavy (non-hydrogen) atoms. The Morgan fingerprint density at radius 3 is 2.78 bits per heavy atom. The minimum atomic E-state index is -3.49. The van der Waals surface area contributed by atoms with Crippen LogP contribution in [0.4, 0.5) is 0 Å². The van der Waals surface area contributed by atoms with Gasteiger partial charge in [0.1, 0.15) is 5.76 Å². The number of rotatable bonds is 6. The van der Waals surface area contributed by atoms with E-state index in [0.29, 0.717) is 12.3 Å². The molecule has 0 fully saturated rings. The Kier molecular flexibility index (Phi) is 4.18. The molecule has 2 aromatic rings. The van der Waals surface area contributed by atoms with Crippen molar-refractivity contribution in [3.05, 3.63) is 40.3 Å². The van der Waals surface area contributed by atoms with Crippen LogP contribution in [0.1, 0.15) is 11.3 Å². The summed E-state index contributed by atoms with van der Waals surface area (Å²) in [7, 11) is -2.13. The Hall–Kier alpha value is -1.15. The van der Waals surface area contributed by atoms with E-state index in [1.165, 1.54) is 18.7 Å². The van der Waals surface area contributed by atoms with Crippen LogP contribution in [0.25, 0.3) is 0 Å². The van der Waals surface area contributed by atoms with Crippen LogP contribution in [0, 0.1) is 0 Å². The summed E-state index contributed by atoms with van der Waals surface area (Å²) >= 11 is 1.65. The van der Waals surface area contributed by atoms with E-state index in [4.69, 9.17) is 4.42 Å². The molecular weight excluding hydrogens is 272 g/mol. The molecule has 5 nitrogen and oxygen atoms in total. The Labute approximate surface area is 110 Å². The van der Waals surface area contributed by atoms with Crippen molar-refractivity contribution in [2.75, 3.05) is 7.05 Å². The van der Waals surface area contributed by atoms with E-state index in [9.17, 15) is 8.42 Å². The Bertz CT molecular complexity index is 588. The van der Waals surface area contributed by atoms with E-state index in [-0.39, 0.29) is 5.09 Å². The summed E-state index contributed by atoms with van der Waals surface area (Å²) in [6.45, 7) is 1.23. The van der Waals surface area contributed by atoms with Crippen molar-refractivity contribution >= 4 is 21.4 Å². The molecule has 7 heteroatoms. The number of nitrogens with one attached hydrogen (secondary N) is 2. The number of thiophene rings is 1. The van der Waals surface area contributed by atoms with E-state index in [1.54, 1.807) is 17.4 Å². The molecule has 2 rings (SSSR count). The van der Waals surface area contributed by atoms with Crippen LogP contribution < -0.4 is 10.0 Å². The number of hydrogen-bond acceptors (Lipinski definition) is 5. The predicted molar refractivity (Wildman–Crippen MR) is 69.8 cm³/mol. The molecule has 2 N–H and O–H groups in total. The Morgan fingerprint density at radius 1 is 1.28 bits per heavy atom. The molecule has 0 saturated carbocycles. The molecule has 2 aromatic heterocycles. The summed E-state index contributed by atoms with van der Waals surface area (Å²) < 4.78 is 30.4. The van der Waals surface area contributed by atoms with E-state index >= 15 is 0 Å². The van der Waals surface area contributed by atoms with Crippen molar-refractivity contribution in [2.24, 2.45) is 0 Å². The van der Waals surface area contributed by atoms with Gasteiger partial charge in [-0.1, -0.05) is 0 Å². The number of hydrogen-bond donors (Lipinski definition) is 2.